The summed E-state index contributed by atoms with van der Waals surface area (Å²) >= 11 is 0. The van der Waals surface area contributed by atoms with Crippen LogP contribution in [-0.2, 0) is 17.3 Å². The lowest BCUT2D eigenvalue weighted by Gasteiger charge is -2.05. The summed E-state index contributed by atoms with van der Waals surface area (Å²) in [7, 11) is 1.90. The van der Waals surface area contributed by atoms with Gasteiger partial charge in [-0.1, -0.05) is 0 Å². The summed E-state index contributed by atoms with van der Waals surface area (Å²) in [6.45, 7) is 0. The van der Waals surface area contributed by atoms with E-state index in [9.17, 15) is 4.79 Å². The Morgan fingerprint density at radius 3 is 2.67 bits per heavy atom. The first-order chi connectivity index (χ1) is 5.65. The van der Waals surface area contributed by atoms with Gasteiger partial charge in [0.25, 0.3) is 0 Å². The summed E-state index contributed by atoms with van der Waals surface area (Å²) in [5.41, 5.74) is 0.402. The van der Waals surface area contributed by atoms with Crippen LogP contribution in [0.15, 0.2) is 18.5 Å². The number of aromatic nitrogens is 1. The molecule has 1 aliphatic carbocycles. The van der Waals surface area contributed by atoms with Gasteiger partial charge >= 0.3 is 5.97 Å². The van der Waals surface area contributed by atoms with Crippen LogP contribution in [0.25, 0.3) is 0 Å². The van der Waals surface area contributed by atoms with E-state index < -0.39 is 11.4 Å². The monoisotopic (exact) mass is 165 g/mol. The van der Waals surface area contributed by atoms with Gasteiger partial charge in [-0.3, -0.25) is 4.79 Å². The second-order valence-electron chi connectivity index (χ2n) is 3.45. The minimum Gasteiger partial charge on any atom is -0.481 e. The van der Waals surface area contributed by atoms with Crippen molar-refractivity contribution in [3.05, 3.63) is 24.0 Å². The first-order valence-corrected chi connectivity index (χ1v) is 4.01. The van der Waals surface area contributed by atoms with Crippen molar-refractivity contribution >= 4 is 5.97 Å². The minimum absolute atomic E-state index is 0.540. The Hall–Kier alpha value is -1.25. The summed E-state index contributed by atoms with van der Waals surface area (Å²) in [6, 6.07) is 1.89. The van der Waals surface area contributed by atoms with E-state index >= 15 is 0 Å². The predicted molar refractivity (Wildman–Crippen MR) is 44.0 cm³/mol. The highest BCUT2D eigenvalue weighted by molar-refractivity contribution is 5.84. The summed E-state index contributed by atoms with van der Waals surface area (Å²) in [6.07, 6.45) is 5.35. The van der Waals surface area contributed by atoms with Crippen LogP contribution < -0.4 is 0 Å². The Kier molecular flexibility index (Phi) is 1.31. The van der Waals surface area contributed by atoms with Crippen LogP contribution in [0.3, 0.4) is 0 Å². The molecule has 1 saturated carbocycles. The molecule has 0 bridgehead atoms. The van der Waals surface area contributed by atoms with Crippen LogP contribution in [0.5, 0.6) is 0 Å². The first kappa shape index (κ1) is 7.40. The third-order valence-corrected chi connectivity index (χ3v) is 2.54. The molecular weight excluding hydrogens is 154 g/mol. The molecule has 1 heterocycles. The van der Waals surface area contributed by atoms with E-state index in [0.29, 0.717) is 0 Å². The molecule has 1 aliphatic rings. The van der Waals surface area contributed by atoms with Gasteiger partial charge in [0.05, 0.1) is 5.41 Å². The zero-order valence-corrected chi connectivity index (χ0v) is 6.95. The molecule has 2 rings (SSSR count). The fourth-order valence-corrected chi connectivity index (χ4v) is 1.54. The SMILES string of the molecule is Cn1ccc(C2(C(=O)O)CC2)c1. The van der Waals surface area contributed by atoms with E-state index in [-0.39, 0.29) is 0 Å². The van der Waals surface area contributed by atoms with Crippen molar-refractivity contribution in [2.45, 2.75) is 18.3 Å². The lowest BCUT2D eigenvalue weighted by molar-refractivity contribution is -0.140. The van der Waals surface area contributed by atoms with E-state index in [1.165, 1.54) is 0 Å². The number of aliphatic carboxylic acids is 1. The number of carboxylic acids is 1. The van der Waals surface area contributed by atoms with E-state index in [1.54, 1.807) is 0 Å². The normalized spacial score (nSPS) is 19.1. The van der Waals surface area contributed by atoms with E-state index in [2.05, 4.69) is 0 Å². The molecule has 0 aromatic carbocycles. The van der Waals surface area contributed by atoms with Crippen molar-refractivity contribution in [2.24, 2.45) is 7.05 Å². The second-order valence-corrected chi connectivity index (χ2v) is 3.45. The fraction of sp³-hybridized carbons (Fsp3) is 0.444. The Morgan fingerprint density at radius 2 is 2.33 bits per heavy atom. The van der Waals surface area contributed by atoms with Crippen molar-refractivity contribution in [1.82, 2.24) is 4.57 Å². The quantitative estimate of drug-likeness (QED) is 0.714. The van der Waals surface area contributed by atoms with E-state index in [0.717, 1.165) is 18.4 Å². The lowest BCUT2D eigenvalue weighted by Crippen LogP contribution is -2.18. The summed E-state index contributed by atoms with van der Waals surface area (Å²) in [5.74, 6) is -0.686. The maximum atomic E-state index is 10.9. The first-order valence-electron chi connectivity index (χ1n) is 4.01. The Bertz CT molecular complexity index is 323. The fourth-order valence-electron chi connectivity index (χ4n) is 1.54. The Balaban J connectivity index is 2.36. The molecule has 64 valence electrons. The maximum absolute atomic E-state index is 10.9. The van der Waals surface area contributed by atoms with E-state index in [4.69, 9.17) is 5.11 Å². The average Bonchev–Trinajstić information content (AvgIpc) is 2.71. The molecule has 1 fully saturated rings. The molecule has 1 N–H and O–H groups in total. The largest absolute Gasteiger partial charge is 0.481 e. The molecule has 0 radical (unpaired) electrons. The predicted octanol–water partition coefficient (Wildman–Crippen LogP) is 1.14. The van der Waals surface area contributed by atoms with Crippen LogP contribution in [0.4, 0.5) is 0 Å². The van der Waals surface area contributed by atoms with Crippen LogP contribution in [0, 0.1) is 0 Å². The number of aryl methyl sites for hydroxylation is 1. The molecule has 0 atom stereocenters. The summed E-state index contributed by atoms with van der Waals surface area (Å²) in [5, 5.41) is 8.96. The van der Waals surface area contributed by atoms with Crippen LogP contribution >= 0.6 is 0 Å². The highest BCUT2D eigenvalue weighted by atomic mass is 16.4. The lowest BCUT2D eigenvalue weighted by atomic mass is 10.00. The third-order valence-electron chi connectivity index (χ3n) is 2.54. The molecule has 0 unspecified atom stereocenters. The smallest absolute Gasteiger partial charge is 0.314 e. The molecule has 0 saturated heterocycles. The number of carbonyl (C=O) groups is 1. The van der Waals surface area contributed by atoms with Gasteiger partial charge in [0.15, 0.2) is 0 Å². The molecule has 0 aliphatic heterocycles. The molecule has 1 aromatic rings. The number of nitrogens with zero attached hydrogens (tertiary/aromatic N) is 1. The molecule has 3 nitrogen and oxygen atoms in total. The van der Waals surface area contributed by atoms with Crippen LogP contribution in [0.2, 0.25) is 0 Å². The average molecular weight is 165 g/mol. The van der Waals surface area contributed by atoms with Gasteiger partial charge in [-0.25, -0.2) is 0 Å². The molecular formula is C9H11NO2. The minimum atomic E-state index is -0.686. The van der Waals surface area contributed by atoms with Crippen molar-refractivity contribution in [2.75, 3.05) is 0 Å². The van der Waals surface area contributed by atoms with Gasteiger partial charge in [-0.05, 0) is 24.5 Å². The standard InChI is InChI=1S/C9H11NO2/c1-10-5-2-7(6-10)9(3-4-9)8(11)12/h2,5-6H,3-4H2,1H3,(H,11,12). The molecule has 0 amide bonds. The number of rotatable bonds is 2. The van der Waals surface area contributed by atoms with Gasteiger partial charge in [0, 0.05) is 19.4 Å². The highest BCUT2D eigenvalue weighted by Gasteiger charge is 2.52. The van der Waals surface area contributed by atoms with Gasteiger partial charge in [0.1, 0.15) is 0 Å². The summed E-state index contributed by atoms with van der Waals surface area (Å²) < 4.78 is 1.89. The molecule has 12 heavy (non-hydrogen) atoms. The number of carboxylic acid groups (broad SMARTS) is 1. The van der Waals surface area contributed by atoms with Crippen LogP contribution in [0.1, 0.15) is 18.4 Å². The highest BCUT2D eigenvalue weighted by Crippen LogP contribution is 2.48. The van der Waals surface area contributed by atoms with E-state index in [1.807, 2.05) is 30.1 Å². The Labute approximate surface area is 70.6 Å². The third kappa shape index (κ3) is 0.858. The van der Waals surface area contributed by atoms with Crippen molar-refractivity contribution < 1.29 is 9.90 Å². The van der Waals surface area contributed by atoms with Crippen LogP contribution in [-0.4, -0.2) is 15.6 Å². The zero-order valence-electron chi connectivity index (χ0n) is 6.95. The van der Waals surface area contributed by atoms with Gasteiger partial charge in [-0.2, -0.15) is 0 Å². The van der Waals surface area contributed by atoms with Gasteiger partial charge in [0.2, 0.25) is 0 Å². The summed E-state index contributed by atoms with van der Waals surface area (Å²) in [4.78, 5) is 10.9. The zero-order chi connectivity index (χ0) is 8.77. The molecule has 1 aromatic heterocycles. The second kappa shape index (κ2) is 2.12. The Morgan fingerprint density at radius 1 is 1.67 bits per heavy atom. The van der Waals surface area contributed by atoms with Gasteiger partial charge < -0.3 is 9.67 Å². The van der Waals surface area contributed by atoms with Crippen molar-refractivity contribution in [3.63, 3.8) is 0 Å². The number of hydrogen-bond donors (Lipinski definition) is 1. The van der Waals surface area contributed by atoms with Gasteiger partial charge in [-0.15, -0.1) is 0 Å². The molecule has 3 heteroatoms. The maximum Gasteiger partial charge on any atom is 0.314 e. The van der Waals surface area contributed by atoms with Crippen molar-refractivity contribution in [1.29, 1.82) is 0 Å². The molecule has 0 spiro atoms. The number of hydrogen-bond acceptors (Lipinski definition) is 1. The van der Waals surface area contributed by atoms with Crippen molar-refractivity contribution in [3.8, 4) is 0 Å². The topological polar surface area (TPSA) is 42.2 Å².